The lowest BCUT2D eigenvalue weighted by atomic mass is 9.63. The molecule has 1 aromatic carbocycles. The molecule has 1 saturated carbocycles. The van der Waals surface area contributed by atoms with Gasteiger partial charge in [-0.05, 0) is 41.9 Å². The maximum Gasteiger partial charge on any atom is 0.123 e. The molecule has 0 bridgehead atoms. The number of benzene rings is 1. The molecule has 0 heterocycles. The van der Waals surface area contributed by atoms with Crippen LogP contribution in [-0.2, 0) is 5.41 Å². The molecule has 1 aliphatic carbocycles. The molecule has 0 radical (unpaired) electrons. The Labute approximate surface area is 89.9 Å². The van der Waals surface area contributed by atoms with Gasteiger partial charge >= 0.3 is 0 Å². The molecule has 82 valence electrons. The van der Waals surface area contributed by atoms with Gasteiger partial charge in [-0.3, -0.25) is 0 Å². The summed E-state index contributed by atoms with van der Waals surface area (Å²) in [6, 6.07) is 6.71. The minimum atomic E-state index is -0.191. The minimum absolute atomic E-state index is 0.0347. The Kier molecular flexibility index (Phi) is 2.55. The quantitative estimate of drug-likeness (QED) is 0.792. The third-order valence-corrected chi connectivity index (χ3v) is 3.72. The first-order valence-corrected chi connectivity index (χ1v) is 5.44. The van der Waals surface area contributed by atoms with Crippen LogP contribution in [0.25, 0.3) is 0 Å². The van der Waals surface area contributed by atoms with Gasteiger partial charge in [0.05, 0.1) is 6.10 Å². The molecule has 0 amide bonds. The Morgan fingerprint density at radius 3 is 2.20 bits per heavy atom. The van der Waals surface area contributed by atoms with Gasteiger partial charge in [-0.15, -0.1) is 0 Å². The number of rotatable bonds is 2. The lowest BCUT2D eigenvalue weighted by Crippen LogP contribution is -2.41. The highest BCUT2D eigenvalue weighted by Gasteiger charge is 2.39. The van der Waals surface area contributed by atoms with E-state index in [0.29, 0.717) is 5.92 Å². The van der Waals surface area contributed by atoms with Crippen molar-refractivity contribution in [3.8, 4) is 0 Å². The monoisotopic (exact) mass is 208 g/mol. The van der Waals surface area contributed by atoms with E-state index in [1.165, 1.54) is 12.1 Å². The summed E-state index contributed by atoms with van der Waals surface area (Å²) in [5.41, 5.74) is 1.19. The van der Waals surface area contributed by atoms with Crippen LogP contribution in [0.2, 0.25) is 0 Å². The zero-order valence-electron chi connectivity index (χ0n) is 9.20. The van der Waals surface area contributed by atoms with Gasteiger partial charge in [0, 0.05) is 0 Å². The molecule has 2 heteroatoms. The summed E-state index contributed by atoms with van der Waals surface area (Å²) in [6.07, 6.45) is 1.60. The SMILES string of the molecule is CC(C)(c1ccc(F)cc1)C1CC(O)C1. The Bertz CT molecular complexity index is 336. The van der Waals surface area contributed by atoms with Crippen molar-refractivity contribution in [1.29, 1.82) is 0 Å². The predicted molar refractivity (Wildman–Crippen MR) is 58.2 cm³/mol. The smallest absolute Gasteiger partial charge is 0.123 e. The van der Waals surface area contributed by atoms with E-state index in [4.69, 9.17) is 0 Å². The van der Waals surface area contributed by atoms with Crippen LogP contribution >= 0.6 is 0 Å². The maximum atomic E-state index is 12.8. The number of aliphatic hydroxyl groups excluding tert-OH is 1. The summed E-state index contributed by atoms with van der Waals surface area (Å²) >= 11 is 0. The molecule has 0 atom stereocenters. The van der Waals surface area contributed by atoms with E-state index in [-0.39, 0.29) is 17.3 Å². The molecular formula is C13H17FO. The van der Waals surface area contributed by atoms with Crippen molar-refractivity contribution in [2.24, 2.45) is 5.92 Å². The van der Waals surface area contributed by atoms with Gasteiger partial charge in [-0.25, -0.2) is 4.39 Å². The second kappa shape index (κ2) is 3.60. The van der Waals surface area contributed by atoms with Gasteiger partial charge in [0.1, 0.15) is 5.82 Å². The van der Waals surface area contributed by atoms with Crippen molar-refractivity contribution in [3.05, 3.63) is 35.6 Å². The minimum Gasteiger partial charge on any atom is -0.393 e. The van der Waals surface area contributed by atoms with E-state index in [1.54, 1.807) is 0 Å². The average Bonchev–Trinajstić information content (AvgIpc) is 2.13. The van der Waals surface area contributed by atoms with Gasteiger partial charge in [0.15, 0.2) is 0 Å². The van der Waals surface area contributed by atoms with Gasteiger partial charge < -0.3 is 5.11 Å². The van der Waals surface area contributed by atoms with Crippen molar-refractivity contribution in [1.82, 2.24) is 0 Å². The Morgan fingerprint density at radius 1 is 1.20 bits per heavy atom. The fraction of sp³-hybridized carbons (Fsp3) is 0.538. The molecule has 1 N–H and O–H groups in total. The Morgan fingerprint density at radius 2 is 1.73 bits per heavy atom. The highest BCUT2D eigenvalue weighted by molar-refractivity contribution is 5.26. The van der Waals surface area contributed by atoms with E-state index in [9.17, 15) is 9.50 Å². The molecule has 15 heavy (non-hydrogen) atoms. The predicted octanol–water partition coefficient (Wildman–Crippen LogP) is 2.87. The number of hydrogen-bond donors (Lipinski definition) is 1. The molecule has 0 unspecified atom stereocenters. The van der Waals surface area contributed by atoms with Crippen LogP contribution in [0, 0.1) is 11.7 Å². The molecule has 0 aromatic heterocycles. The van der Waals surface area contributed by atoms with Crippen molar-refractivity contribution in [2.75, 3.05) is 0 Å². The molecule has 0 spiro atoms. The van der Waals surface area contributed by atoms with Crippen LogP contribution in [-0.4, -0.2) is 11.2 Å². The van der Waals surface area contributed by atoms with Crippen LogP contribution < -0.4 is 0 Å². The Hall–Kier alpha value is -0.890. The molecule has 1 aliphatic rings. The summed E-state index contributed by atoms with van der Waals surface area (Å²) in [5, 5.41) is 9.31. The van der Waals surface area contributed by atoms with Gasteiger partial charge in [-0.2, -0.15) is 0 Å². The van der Waals surface area contributed by atoms with E-state index < -0.39 is 0 Å². The Balaban J connectivity index is 2.18. The first-order valence-electron chi connectivity index (χ1n) is 5.44. The standard InChI is InChI=1S/C13H17FO/c1-13(2,10-7-12(15)8-10)9-3-5-11(14)6-4-9/h3-6,10,12,15H,7-8H2,1-2H3. The summed E-state index contributed by atoms with van der Waals surface area (Å²) in [7, 11) is 0. The molecule has 1 aromatic rings. The van der Waals surface area contributed by atoms with E-state index in [1.807, 2.05) is 12.1 Å². The number of halogens is 1. The maximum absolute atomic E-state index is 12.8. The summed E-state index contributed by atoms with van der Waals surface area (Å²) in [5.74, 6) is 0.321. The fourth-order valence-corrected chi connectivity index (χ4v) is 2.29. The van der Waals surface area contributed by atoms with Gasteiger partial charge in [0.25, 0.3) is 0 Å². The lowest BCUT2D eigenvalue weighted by Gasteiger charge is -2.43. The second-order valence-corrected chi connectivity index (χ2v) is 5.05. The van der Waals surface area contributed by atoms with Crippen LogP contribution in [0.4, 0.5) is 4.39 Å². The largest absolute Gasteiger partial charge is 0.393 e. The van der Waals surface area contributed by atoms with Crippen molar-refractivity contribution in [3.63, 3.8) is 0 Å². The van der Waals surface area contributed by atoms with E-state index in [2.05, 4.69) is 13.8 Å². The first-order chi connectivity index (χ1) is 7.00. The zero-order valence-corrected chi connectivity index (χ0v) is 9.20. The molecule has 1 fully saturated rings. The van der Waals surface area contributed by atoms with Crippen LogP contribution in [0.15, 0.2) is 24.3 Å². The van der Waals surface area contributed by atoms with Gasteiger partial charge in [0.2, 0.25) is 0 Å². The highest BCUT2D eigenvalue weighted by atomic mass is 19.1. The summed E-state index contributed by atoms with van der Waals surface area (Å²) in [4.78, 5) is 0. The van der Waals surface area contributed by atoms with E-state index in [0.717, 1.165) is 18.4 Å². The molecular weight excluding hydrogens is 191 g/mol. The van der Waals surface area contributed by atoms with Crippen molar-refractivity contribution >= 4 is 0 Å². The van der Waals surface area contributed by atoms with E-state index >= 15 is 0 Å². The topological polar surface area (TPSA) is 20.2 Å². The highest BCUT2D eigenvalue weighted by Crippen LogP contribution is 2.43. The van der Waals surface area contributed by atoms with Crippen molar-refractivity contribution in [2.45, 2.75) is 38.2 Å². The second-order valence-electron chi connectivity index (χ2n) is 5.05. The third-order valence-electron chi connectivity index (χ3n) is 3.72. The molecule has 1 nitrogen and oxygen atoms in total. The van der Waals surface area contributed by atoms with Crippen LogP contribution in [0.3, 0.4) is 0 Å². The van der Waals surface area contributed by atoms with Crippen LogP contribution in [0.5, 0.6) is 0 Å². The average molecular weight is 208 g/mol. The fourth-order valence-electron chi connectivity index (χ4n) is 2.29. The van der Waals surface area contributed by atoms with Crippen molar-refractivity contribution < 1.29 is 9.50 Å². The molecule has 2 rings (SSSR count). The lowest BCUT2D eigenvalue weighted by molar-refractivity contribution is 0.0100. The normalized spacial score (nSPS) is 26.1. The first kappa shape index (κ1) is 10.6. The summed E-state index contributed by atoms with van der Waals surface area (Å²) < 4.78 is 12.8. The third kappa shape index (κ3) is 1.91. The molecule has 0 aliphatic heterocycles. The number of hydrogen-bond acceptors (Lipinski definition) is 1. The number of aliphatic hydroxyl groups is 1. The van der Waals surface area contributed by atoms with Gasteiger partial charge in [-0.1, -0.05) is 26.0 Å². The molecule has 0 saturated heterocycles. The zero-order chi connectivity index (χ0) is 11.1. The summed E-state index contributed by atoms with van der Waals surface area (Å²) in [6.45, 7) is 4.33. The van der Waals surface area contributed by atoms with Crippen LogP contribution in [0.1, 0.15) is 32.3 Å².